The van der Waals surface area contributed by atoms with Crippen molar-refractivity contribution < 1.29 is 28.8 Å². The fourth-order valence-electron chi connectivity index (χ4n) is 3.93. The molecule has 2 aromatic rings. The lowest BCUT2D eigenvalue weighted by Crippen LogP contribution is -2.34. The second-order valence-electron chi connectivity index (χ2n) is 6.98. The van der Waals surface area contributed by atoms with E-state index in [2.05, 4.69) is 4.90 Å². The predicted octanol–water partition coefficient (Wildman–Crippen LogP) is 2.94. The quantitative estimate of drug-likeness (QED) is 0.793. The average Bonchev–Trinajstić information content (AvgIpc) is 3.17. The standard InChI is InChI=1S/C21H23NO6/c1-22-7-6-13-9-18-20(28-11-27-18)21(26-3)19(13)14(22)10-16(24)12-4-5-15(23)17(8-12)25-2/h4-5,8-9,14,23H,6-7,10-11H2,1-3H3. The first kappa shape index (κ1) is 18.4. The predicted molar refractivity (Wildman–Crippen MR) is 102 cm³/mol. The van der Waals surface area contributed by atoms with Gasteiger partial charge >= 0.3 is 0 Å². The van der Waals surface area contributed by atoms with Gasteiger partial charge in [-0.05, 0) is 43.3 Å². The highest BCUT2D eigenvalue weighted by Crippen LogP contribution is 2.50. The van der Waals surface area contributed by atoms with Crippen molar-refractivity contribution in [1.29, 1.82) is 0 Å². The third-order valence-electron chi connectivity index (χ3n) is 5.43. The number of ketones is 1. The van der Waals surface area contributed by atoms with Crippen LogP contribution in [0.2, 0.25) is 0 Å². The number of fused-ring (bicyclic) bond motifs is 2. The highest BCUT2D eigenvalue weighted by molar-refractivity contribution is 5.97. The number of methoxy groups -OCH3 is 2. The molecule has 7 nitrogen and oxygen atoms in total. The van der Waals surface area contributed by atoms with Crippen molar-refractivity contribution in [3.05, 3.63) is 41.0 Å². The maximum Gasteiger partial charge on any atom is 0.231 e. The minimum atomic E-state index is -0.152. The smallest absolute Gasteiger partial charge is 0.231 e. The number of benzene rings is 2. The summed E-state index contributed by atoms with van der Waals surface area (Å²) in [5.74, 6) is 2.17. The van der Waals surface area contributed by atoms with Gasteiger partial charge in [0.15, 0.2) is 28.8 Å². The molecule has 0 aliphatic carbocycles. The first-order chi connectivity index (χ1) is 13.5. The van der Waals surface area contributed by atoms with Gasteiger partial charge in [0.05, 0.1) is 14.2 Å². The van der Waals surface area contributed by atoms with Crippen LogP contribution in [0.5, 0.6) is 28.7 Å². The second kappa shape index (κ2) is 7.24. The summed E-state index contributed by atoms with van der Waals surface area (Å²) in [4.78, 5) is 15.2. The Kier molecular flexibility index (Phi) is 4.77. The summed E-state index contributed by atoms with van der Waals surface area (Å²) in [5.41, 5.74) is 2.58. The maximum atomic E-state index is 13.0. The molecular formula is C21H23NO6. The minimum absolute atomic E-state index is 0.00793. The average molecular weight is 385 g/mol. The zero-order chi connectivity index (χ0) is 19.8. The summed E-state index contributed by atoms with van der Waals surface area (Å²) in [7, 11) is 5.07. The highest BCUT2D eigenvalue weighted by atomic mass is 16.7. The number of hydrogen-bond donors (Lipinski definition) is 1. The van der Waals surface area contributed by atoms with E-state index in [4.69, 9.17) is 18.9 Å². The Morgan fingerprint density at radius 1 is 1.25 bits per heavy atom. The van der Waals surface area contributed by atoms with Crippen LogP contribution >= 0.6 is 0 Å². The monoisotopic (exact) mass is 385 g/mol. The Morgan fingerprint density at radius 3 is 2.82 bits per heavy atom. The van der Waals surface area contributed by atoms with Gasteiger partial charge in [-0.15, -0.1) is 0 Å². The molecule has 148 valence electrons. The van der Waals surface area contributed by atoms with Crippen molar-refractivity contribution in [1.82, 2.24) is 4.90 Å². The maximum absolute atomic E-state index is 13.0. The molecule has 0 amide bonds. The van der Waals surface area contributed by atoms with E-state index >= 15 is 0 Å². The number of phenolic OH excluding ortho intramolecular Hbond substituents is 1. The molecule has 0 bridgehead atoms. The van der Waals surface area contributed by atoms with E-state index in [-0.39, 0.29) is 36.5 Å². The summed E-state index contributed by atoms with van der Waals surface area (Å²) in [6.07, 6.45) is 1.12. The number of likely N-dealkylation sites (N-methyl/N-ethyl adjacent to an activating group) is 1. The molecule has 0 spiro atoms. The lowest BCUT2D eigenvalue weighted by molar-refractivity contribution is 0.0925. The van der Waals surface area contributed by atoms with Crippen molar-refractivity contribution >= 4 is 5.78 Å². The lowest BCUT2D eigenvalue weighted by Gasteiger charge is -2.35. The van der Waals surface area contributed by atoms with E-state index in [1.165, 1.54) is 13.2 Å². The summed E-state index contributed by atoms with van der Waals surface area (Å²) in [6.45, 7) is 0.994. The van der Waals surface area contributed by atoms with Gasteiger partial charge < -0.3 is 24.1 Å². The molecule has 2 aromatic carbocycles. The molecule has 0 fully saturated rings. The summed E-state index contributed by atoms with van der Waals surface area (Å²) < 4.78 is 21.9. The van der Waals surface area contributed by atoms with E-state index in [1.807, 2.05) is 13.1 Å². The summed E-state index contributed by atoms with van der Waals surface area (Å²) >= 11 is 0. The van der Waals surface area contributed by atoms with Gasteiger partial charge in [-0.2, -0.15) is 0 Å². The van der Waals surface area contributed by atoms with Gasteiger partial charge in [0.25, 0.3) is 0 Å². The van der Waals surface area contributed by atoms with Crippen molar-refractivity contribution in [3.8, 4) is 28.7 Å². The first-order valence-corrected chi connectivity index (χ1v) is 9.13. The van der Waals surface area contributed by atoms with Gasteiger partial charge in [-0.1, -0.05) is 0 Å². The van der Waals surface area contributed by atoms with Crippen LogP contribution in [0.4, 0.5) is 0 Å². The number of hydrogen-bond acceptors (Lipinski definition) is 7. The number of carbonyl (C=O) groups excluding carboxylic acids is 1. The number of rotatable bonds is 5. The van der Waals surface area contributed by atoms with Gasteiger partial charge in [0.2, 0.25) is 12.5 Å². The Labute approximate surface area is 163 Å². The molecule has 0 saturated heterocycles. The van der Waals surface area contributed by atoms with Gasteiger partial charge in [-0.25, -0.2) is 0 Å². The fourth-order valence-corrected chi connectivity index (χ4v) is 3.93. The van der Waals surface area contributed by atoms with Crippen LogP contribution in [0.3, 0.4) is 0 Å². The second-order valence-corrected chi connectivity index (χ2v) is 6.98. The number of Topliss-reactive ketones (excluding diaryl/α,β-unsaturated/α-hetero) is 1. The van der Waals surface area contributed by atoms with Crippen LogP contribution in [0.15, 0.2) is 24.3 Å². The van der Waals surface area contributed by atoms with Crippen LogP contribution in [0.25, 0.3) is 0 Å². The molecule has 0 aromatic heterocycles. The van der Waals surface area contributed by atoms with E-state index in [0.717, 1.165) is 24.1 Å². The molecule has 1 N–H and O–H groups in total. The number of carbonyl (C=O) groups is 1. The SMILES string of the molecule is COc1cc(C(=O)CC2c3c(cc4c(c3OC)OCO4)CCN2C)ccc1O. The van der Waals surface area contributed by atoms with Crippen LogP contribution < -0.4 is 18.9 Å². The Bertz CT molecular complexity index is 926. The van der Waals surface area contributed by atoms with Crippen LogP contribution in [0.1, 0.15) is 33.9 Å². The zero-order valence-electron chi connectivity index (χ0n) is 16.2. The third kappa shape index (κ3) is 3.01. The summed E-state index contributed by atoms with van der Waals surface area (Å²) in [6, 6.07) is 6.50. The molecular weight excluding hydrogens is 362 g/mol. The fraction of sp³-hybridized carbons (Fsp3) is 0.381. The number of phenols is 1. The Balaban J connectivity index is 1.70. The van der Waals surface area contributed by atoms with Crippen LogP contribution in [-0.2, 0) is 6.42 Å². The first-order valence-electron chi connectivity index (χ1n) is 9.13. The molecule has 1 unspecified atom stereocenters. The van der Waals surface area contributed by atoms with Gasteiger partial charge in [0, 0.05) is 30.1 Å². The van der Waals surface area contributed by atoms with Crippen molar-refractivity contribution in [2.75, 3.05) is 34.6 Å². The molecule has 2 aliphatic rings. The molecule has 1 atom stereocenters. The van der Waals surface area contributed by atoms with Crippen LogP contribution in [0, 0.1) is 0 Å². The van der Waals surface area contributed by atoms with Gasteiger partial charge in [-0.3, -0.25) is 9.69 Å². The molecule has 4 rings (SSSR count). The third-order valence-corrected chi connectivity index (χ3v) is 5.43. The number of nitrogens with zero attached hydrogens (tertiary/aromatic N) is 1. The highest BCUT2D eigenvalue weighted by Gasteiger charge is 2.35. The van der Waals surface area contributed by atoms with Crippen LogP contribution in [-0.4, -0.2) is 50.4 Å². The molecule has 0 saturated carbocycles. The van der Waals surface area contributed by atoms with Gasteiger partial charge in [0.1, 0.15) is 0 Å². The molecule has 0 radical (unpaired) electrons. The van der Waals surface area contributed by atoms with Crippen molar-refractivity contribution in [3.63, 3.8) is 0 Å². The number of aromatic hydroxyl groups is 1. The van der Waals surface area contributed by atoms with E-state index in [0.29, 0.717) is 22.8 Å². The molecule has 28 heavy (non-hydrogen) atoms. The van der Waals surface area contributed by atoms with Crippen molar-refractivity contribution in [2.24, 2.45) is 0 Å². The molecule has 2 heterocycles. The van der Waals surface area contributed by atoms with E-state index in [1.54, 1.807) is 19.2 Å². The minimum Gasteiger partial charge on any atom is -0.504 e. The molecule has 2 aliphatic heterocycles. The normalized spacial score (nSPS) is 17.9. The Hall–Kier alpha value is -2.93. The largest absolute Gasteiger partial charge is 0.504 e. The van der Waals surface area contributed by atoms with E-state index < -0.39 is 0 Å². The number of ether oxygens (including phenoxy) is 4. The zero-order valence-corrected chi connectivity index (χ0v) is 16.2. The topological polar surface area (TPSA) is 77.5 Å². The van der Waals surface area contributed by atoms with Crippen molar-refractivity contribution in [2.45, 2.75) is 18.9 Å². The van der Waals surface area contributed by atoms with E-state index in [9.17, 15) is 9.90 Å². The summed E-state index contributed by atoms with van der Waals surface area (Å²) in [5, 5.41) is 9.78. The Morgan fingerprint density at radius 2 is 2.07 bits per heavy atom. The molecule has 7 heteroatoms. The lowest BCUT2D eigenvalue weighted by atomic mass is 9.87.